The number of aromatic amines is 1. The van der Waals surface area contributed by atoms with Crippen LogP contribution in [0.2, 0.25) is 0 Å². The van der Waals surface area contributed by atoms with Crippen LogP contribution in [-0.4, -0.2) is 53.4 Å². The topological polar surface area (TPSA) is 61.4 Å². The van der Waals surface area contributed by atoms with Crippen LogP contribution in [0.3, 0.4) is 0 Å². The van der Waals surface area contributed by atoms with Gasteiger partial charge >= 0.3 is 0 Å². The molecule has 24 heavy (non-hydrogen) atoms. The highest BCUT2D eigenvalue weighted by Crippen LogP contribution is 2.33. The van der Waals surface area contributed by atoms with E-state index < -0.39 is 0 Å². The zero-order valence-corrected chi connectivity index (χ0v) is 15.1. The Balaban J connectivity index is 1.54. The maximum Gasteiger partial charge on any atom is 0.106 e. The van der Waals surface area contributed by atoms with Gasteiger partial charge in [0, 0.05) is 50.5 Å². The average Bonchev–Trinajstić information content (AvgIpc) is 3.26. The van der Waals surface area contributed by atoms with Crippen LogP contribution in [0.5, 0.6) is 0 Å². The Hall–Kier alpha value is -0.910. The van der Waals surface area contributed by atoms with Gasteiger partial charge in [0.25, 0.3) is 0 Å². The van der Waals surface area contributed by atoms with Crippen LogP contribution in [-0.2, 0) is 17.7 Å². The lowest BCUT2D eigenvalue weighted by Crippen LogP contribution is -2.45. The molecular formula is C19H33N3O2. The molecule has 2 N–H and O–H groups in total. The molecule has 0 bridgehead atoms. The summed E-state index contributed by atoms with van der Waals surface area (Å²) >= 11 is 0. The number of imidazole rings is 1. The van der Waals surface area contributed by atoms with Crippen molar-refractivity contribution in [2.24, 2.45) is 11.3 Å². The minimum absolute atomic E-state index is 0.000951. The molecule has 0 spiro atoms. The summed E-state index contributed by atoms with van der Waals surface area (Å²) in [5.41, 5.74) is 1.21. The third-order valence-corrected chi connectivity index (χ3v) is 5.94. The molecule has 0 amide bonds. The van der Waals surface area contributed by atoms with Crippen molar-refractivity contribution in [3.63, 3.8) is 0 Å². The predicted molar refractivity (Wildman–Crippen MR) is 94.8 cm³/mol. The second-order valence-electron chi connectivity index (χ2n) is 7.92. The molecule has 0 unspecified atom stereocenters. The summed E-state index contributed by atoms with van der Waals surface area (Å²) in [6, 6.07) is 0. The molecule has 2 heterocycles. The fourth-order valence-electron chi connectivity index (χ4n) is 4.49. The van der Waals surface area contributed by atoms with Gasteiger partial charge in [-0.2, -0.15) is 0 Å². The molecular weight excluding hydrogens is 302 g/mol. The van der Waals surface area contributed by atoms with E-state index >= 15 is 0 Å². The van der Waals surface area contributed by atoms with Gasteiger partial charge in [0.2, 0.25) is 0 Å². The lowest BCUT2D eigenvalue weighted by molar-refractivity contribution is 0.00440. The van der Waals surface area contributed by atoms with Crippen molar-refractivity contribution in [3.8, 4) is 0 Å². The fraction of sp³-hybridized carbons (Fsp3) is 0.842. The van der Waals surface area contributed by atoms with Crippen LogP contribution in [0.4, 0.5) is 0 Å². The van der Waals surface area contributed by atoms with Gasteiger partial charge in [-0.25, -0.2) is 4.98 Å². The molecule has 0 radical (unpaired) electrons. The summed E-state index contributed by atoms with van der Waals surface area (Å²) < 4.78 is 5.25. The van der Waals surface area contributed by atoms with Crippen LogP contribution in [0.1, 0.15) is 56.5 Å². The number of aliphatic hydroxyl groups is 1. The first kappa shape index (κ1) is 17.9. The van der Waals surface area contributed by atoms with Crippen molar-refractivity contribution < 1.29 is 9.84 Å². The first-order valence-electron chi connectivity index (χ1n) is 9.58. The summed E-state index contributed by atoms with van der Waals surface area (Å²) in [6.45, 7) is 3.94. The Labute approximate surface area is 145 Å². The lowest BCUT2D eigenvalue weighted by Gasteiger charge is -2.41. The molecule has 2 fully saturated rings. The monoisotopic (exact) mass is 335 g/mol. The van der Waals surface area contributed by atoms with E-state index in [2.05, 4.69) is 14.9 Å². The van der Waals surface area contributed by atoms with E-state index in [0.717, 1.165) is 63.7 Å². The van der Waals surface area contributed by atoms with E-state index in [-0.39, 0.29) is 12.0 Å². The number of H-pyrrole nitrogens is 1. The van der Waals surface area contributed by atoms with Crippen molar-refractivity contribution in [3.05, 3.63) is 17.7 Å². The number of rotatable bonds is 8. The van der Waals surface area contributed by atoms with Crippen LogP contribution in [0, 0.1) is 11.3 Å². The third-order valence-electron chi connectivity index (χ3n) is 5.94. The normalized spacial score (nSPS) is 26.2. The Bertz CT molecular complexity index is 499. The van der Waals surface area contributed by atoms with Gasteiger partial charge in [0.05, 0.1) is 6.61 Å². The molecule has 3 rings (SSSR count). The number of methoxy groups -OCH3 is 1. The molecule has 1 aromatic heterocycles. The number of nitrogens with one attached hydrogen (secondary N) is 1. The first-order valence-corrected chi connectivity index (χ1v) is 9.58. The molecule has 5 nitrogen and oxygen atoms in total. The highest BCUT2D eigenvalue weighted by Gasteiger charge is 2.34. The van der Waals surface area contributed by atoms with Gasteiger partial charge in [-0.3, -0.25) is 4.90 Å². The molecule has 1 saturated carbocycles. The minimum Gasteiger partial charge on any atom is -0.396 e. The predicted octanol–water partition coefficient (Wildman–Crippen LogP) is 2.75. The van der Waals surface area contributed by atoms with Crippen molar-refractivity contribution in [2.75, 3.05) is 33.4 Å². The maximum atomic E-state index is 9.91. The molecule has 5 heteroatoms. The van der Waals surface area contributed by atoms with Gasteiger partial charge in [-0.15, -0.1) is 0 Å². The molecule has 1 aromatic rings. The molecule has 2 aliphatic rings. The number of ether oxygens (including phenoxy) is 1. The Morgan fingerprint density at radius 3 is 2.96 bits per heavy atom. The lowest BCUT2D eigenvalue weighted by atomic mass is 9.78. The van der Waals surface area contributed by atoms with Crippen molar-refractivity contribution in [2.45, 2.75) is 57.9 Å². The van der Waals surface area contributed by atoms with E-state index in [0.29, 0.717) is 0 Å². The first-order chi connectivity index (χ1) is 11.7. The quantitative estimate of drug-likeness (QED) is 0.767. The van der Waals surface area contributed by atoms with Gasteiger partial charge in [0.1, 0.15) is 5.82 Å². The van der Waals surface area contributed by atoms with Crippen LogP contribution in [0.15, 0.2) is 6.20 Å². The number of aliphatic hydroxyl groups excluding tert-OH is 1. The maximum absolute atomic E-state index is 9.91. The third kappa shape index (κ3) is 4.58. The highest BCUT2D eigenvalue weighted by atomic mass is 16.5. The average molecular weight is 335 g/mol. The second-order valence-corrected chi connectivity index (χ2v) is 7.92. The van der Waals surface area contributed by atoms with Crippen LogP contribution >= 0.6 is 0 Å². The van der Waals surface area contributed by atoms with E-state index in [1.54, 1.807) is 7.11 Å². The van der Waals surface area contributed by atoms with Gasteiger partial charge < -0.3 is 14.8 Å². The summed E-state index contributed by atoms with van der Waals surface area (Å²) in [6.07, 6.45) is 11.8. The van der Waals surface area contributed by atoms with E-state index in [1.165, 1.54) is 31.4 Å². The molecule has 136 valence electrons. The molecule has 1 aliphatic carbocycles. The van der Waals surface area contributed by atoms with Gasteiger partial charge in [-0.1, -0.05) is 25.7 Å². The summed E-state index contributed by atoms with van der Waals surface area (Å²) in [7, 11) is 1.74. The largest absolute Gasteiger partial charge is 0.396 e. The molecule has 1 saturated heterocycles. The minimum atomic E-state index is 0.000951. The Morgan fingerprint density at radius 1 is 1.38 bits per heavy atom. The second kappa shape index (κ2) is 8.45. The van der Waals surface area contributed by atoms with E-state index in [1.807, 2.05) is 6.20 Å². The van der Waals surface area contributed by atoms with Gasteiger partial charge in [0.15, 0.2) is 0 Å². The van der Waals surface area contributed by atoms with E-state index in [4.69, 9.17) is 4.74 Å². The van der Waals surface area contributed by atoms with Crippen LogP contribution < -0.4 is 0 Å². The van der Waals surface area contributed by atoms with Crippen molar-refractivity contribution in [1.82, 2.24) is 14.9 Å². The van der Waals surface area contributed by atoms with Crippen LogP contribution in [0.25, 0.3) is 0 Å². The molecule has 1 atom stereocenters. The number of aromatic nitrogens is 2. The van der Waals surface area contributed by atoms with Crippen molar-refractivity contribution >= 4 is 0 Å². The smallest absolute Gasteiger partial charge is 0.106 e. The number of nitrogens with zero attached hydrogens (tertiary/aromatic N) is 2. The summed E-state index contributed by atoms with van der Waals surface area (Å²) in [4.78, 5) is 10.6. The standard InChI is InChI=1S/C19H33N3O2/c1-24-10-8-19(15-23)7-4-9-22(14-19)13-17-12-20-18(21-17)11-16-5-2-3-6-16/h12,16,23H,2-11,13-15H2,1H3,(H,20,21)/t19-/m0/s1. The number of piperidine rings is 1. The number of hydrogen-bond donors (Lipinski definition) is 2. The van der Waals surface area contributed by atoms with Crippen molar-refractivity contribution in [1.29, 1.82) is 0 Å². The Morgan fingerprint density at radius 2 is 2.21 bits per heavy atom. The summed E-state index contributed by atoms with van der Waals surface area (Å²) in [5.74, 6) is 1.98. The number of hydrogen-bond acceptors (Lipinski definition) is 4. The zero-order valence-electron chi connectivity index (χ0n) is 15.1. The fourth-order valence-corrected chi connectivity index (χ4v) is 4.49. The zero-order chi connectivity index (χ0) is 16.8. The van der Waals surface area contributed by atoms with E-state index in [9.17, 15) is 5.11 Å². The SMILES string of the molecule is COCC[C@@]1(CO)CCCN(Cc2cnc(CC3CCCC3)[nH]2)C1. The molecule has 0 aromatic carbocycles. The molecule has 1 aliphatic heterocycles. The Kier molecular flexibility index (Phi) is 6.31. The highest BCUT2D eigenvalue weighted by molar-refractivity contribution is 5.03. The number of likely N-dealkylation sites (tertiary alicyclic amines) is 1. The summed E-state index contributed by atoms with van der Waals surface area (Å²) in [5, 5.41) is 9.91. The van der Waals surface area contributed by atoms with Gasteiger partial charge in [-0.05, 0) is 31.7 Å².